The SMILES string of the molecule is COc1nc(Cl)ccc1-c1cn(C)nn1. The third kappa shape index (κ3) is 1.92. The number of rotatable bonds is 2. The van der Waals surface area contributed by atoms with Gasteiger partial charge in [-0.05, 0) is 12.1 Å². The van der Waals surface area contributed by atoms with Gasteiger partial charge in [-0.25, -0.2) is 4.98 Å². The van der Waals surface area contributed by atoms with Crippen LogP contribution >= 0.6 is 11.6 Å². The lowest BCUT2D eigenvalue weighted by Gasteiger charge is -2.03. The van der Waals surface area contributed by atoms with E-state index in [1.165, 1.54) is 0 Å². The smallest absolute Gasteiger partial charge is 0.224 e. The highest BCUT2D eigenvalue weighted by Gasteiger charge is 2.10. The molecule has 5 nitrogen and oxygen atoms in total. The predicted octanol–water partition coefficient (Wildman–Crippen LogP) is 1.54. The van der Waals surface area contributed by atoms with E-state index in [0.717, 1.165) is 5.56 Å². The van der Waals surface area contributed by atoms with E-state index < -0.39 is 0 Å². The monoisotopic (exact) mass is 224 g/mol. The van der Waals surface area contributed by atoms with E-state index in [9.17, 15) is 0 Å². The number of methoxy groups -OCH3 is 1. The largest absolute Gasteiger partial charge is 0.480 e. The molecular weight excluding hydrogens is 216 g/mol. The number of halogens is 1. The molecule has 0 aliphatic rings. The van der Waals surface area contributed by atoms with E-state index in [0.29, 0.717) is 16.7 Å². The van der Waals surface area contributed by atoms with Gasteiger partial charge in [-0.15, -0.1) is 5.10 Å². The summed E-state index contributed by atoms with van der Waals surface area (Å²) < 4.78 is 6.73. The van der Waals surface area contributed by atoms with Crippen molar-refractivity contribution in [3.63, 3.8) is 0 Å². The topological polar surface area (TPSA) is 52.8 Å². The summed E-state index contributed by atoms with van der Waals surface area (Å²) in [5.74, 6) is 0.447. The summed E-state index contributed by atoms with van der Waals surface area (Å²) in [6.07, 6.45) is 1.79. The van der Waals surface area contributed by atoms with Crippen LogP contribution < -0.4 is 4.74 Å². The van der Waals surface area contributed by atoms with Crippen LogP contribution in [0.2, 0.25) is 5.15 Å². The normalized spacial score (nSPS) is 10.3. The van der Waals surface area contributed by atoms with Gasteiger partial charge in [0.1, 0.15) is 10.8 Å². The van der Waals surface area contributed by atoms with Gasteiger partial charge in [0.05, 0.1) is 18.9 Å². The first-order valence-corrected chi connectivity index (χ1v) is 4.65. The van der Waals surface area contributed by atoms with Crippen LogP contribution in [0.25, 0.3) is 11.3 Å². The number of hydrogen-bond donors (Lipinski definition) is 0. The molecule has 0 bridgehead atoms. The highest BCUT2D eigenvalue weighted by atomic mass is 35.5. The minimum absolute atomic E-state index is 0.388. The number of aryl methyl sites for hydroxylation is 1. The first-order chi connectivity index (χ1) is 7.20. The Morgan fingerprint density at radius 3 is 2.80 bits per heavy atom. The molecule has 2 aromatic heterocycles. The minimum atomic E-state index is 0.388. The number of pyridine rings is 1. The Kier molecular flexibility index (Phi) is 2.55. The summed E-state index contributed by atoms with van der Waals surface area (Å²) in [5.41, 5.74) is 1.48. The average Bonchev–Trinajstić information content (AvgIpc) is 2.64. The molecule has 0 N–H and O–H groups in total. The number of aromatic nitrogens is 4. The predicted molar refractivity (Wildman–Crippen MR) is 55.8 cm³/mol. The molecule has 0 saturated carbocycles. The van der Waals surface area contributed by atoms with Gasteiger partial charge in [0.2, 0.25) is 5.88 Å². The lowest BCUT2D eigenvalue weighted by atomic mass is 10.2. The zero-order valence-corrected chi connectivity index (χ0v) is 9.06. The van der Waals surface area contributed by atoms with E-state index in [1.807, 2.05) is 0 Å². The van der Waals surface area contributed by atoms with Gasteiger partial charge in [-0.1, -0.05) is 16.8 Å². The number of nitrogens with zero attached hydrogens (tertiary/aromatic N) is 4. The summed E-state index contributed by atoms with van der Waals surface area (Å²) in [4.78, 5) is 4.04. The number of ether oxygens (including phenoxy) is 1. The fourth-order valence-corrected chi connectivity index (χ4v) is 1.38. The van der Waals surface area contributed by atoms with Crippen LogP contribution in [-0.2, 0) is 7.05 Å². The van der Waals surface area contributed by atoms with Crippen molar-refractivity contribution in [1.29, 1.82) is 0 Å². The zero-order chi connectivity index (χ0) is 10.8. The molecule has 6 heteroatoms. The number of hydrogen-bond acceptors (Lipinski definition) is 4. The molecule has 2 heterocycles. The molecule has 0 atom stereocenters. The lowest BCUT2D eigenvalue weighted by Crippen LogP contribution is -1.92. The third-order valence-corrected chi connectivity index (χ3v) is 2.11. The molecule has 15 heavy (non-hydrogen) atoms. The fraction of sp³-hybridized carbons (Fsp3) is 0.222. The molecule has 78 valence electrons. The van der Waals surface area contributed by atoms with Crippen LogP contribution in [0.3, 0.4) is 0 Å². The van der Waals surface area contributed by atoms with Crippen LogP contribution in [-0.4, -0.2) is 27.1 Å². The maximum atomic E-state index is 5.76. The van der Waals surface area contributed by atoms with E-state index in [-0.39, 0.29) is 0 Å². The minimum Gasteiger partial charge on any atom is -0.480 e. The lowest BCUT2D eigenvalue weighted by molar-refractivity contribution is 0.399. The Morgan fingerprint density at radius 1 is 1.40 bits per heavy atom. The summed E-state index contributed by atoms with van der Waals surface area (Å²) in [5, 5.41) is 8.20. The Morgan fingerprint density at radius 2 is 2.20 bits per heavy atom. The second-order valence-corrected chi connectivity index (χ2v) is 3.36. The standard InChI is InChI=1S/C9H9ClN4O/c1-14-5-7(12-13-14)6-3-4-8(10)11-9(6)15-2/h3-5H,1-2H3. The van der Waals surface area contributed by atoms with Gasteiger partial charge in [0, 0.05) is 7.05 Å². The van der Waals surface area contributed by atoms with Crippen LogP contribution in [0.15, 0.2) is 18.3 Å². The van der Waals surface area contributed by atoms with Crippen LogP contribution in [0.5, 0.6) is 5.88 Å². The van der Waals surface area contributed by atoms with Crippen LogP contribution in [0.1, 0.15) is 0 Å². The molecule has 0 fully saturated rings. The third-order valence-electron chi connectivity index (χ3n) is 1.90. The van der Waals surface area contributed by atoms with Crippen LogP contribution in [0, 0.1) is 0 Å². The molecule has 0 aliphatic carbocycles. The van der Waals surface area contributed by atoms with Crippen molar-refractivity contribution >= 4 is 11.6 Å². The summed E-state index contributed by atoms with van der Waals surface area (Å²) in [7, 11) is 3.34. The molecule has 0 spiro atoms. The van der Waals surface area contributed by atoms with Crippen molar-refractivity contribution in [3.05, 3.63) is 23.5 Å². The summed E-state index contributed by atoms with van der Waals surface area (Å²) in [6.45, 7) is 0. The van der Waals surface area contributed by atoms with Gasteiger partial charge in [-0.3, -0.25) is 4.68 Å². The van der Waals surface area contributed by atoms with Crippen molar-refractivity contribution in [1.82, 2.24) is 20.0 Å². The Labute approximate surface area is 91.7 Å². The molecule has 2 rings (SSSR count). The molecule has 2 aromatic rings. The maximum Gasteiger partial charge on any atom is 0.224 e. The first kappa shape index (κ1) is 9.92. The molecule has 0 radical (unpaired) electrons. The Hall–Kier alpha value is -1.62. The van der Waals surface area contributed by atoms with Gasteiger partial charge < -0.3 is 4.74 Å². The molecule has 0 amide bonds. The van der Waals surface area contributed by atoms with E-state index in [4.69, 9.17) is 16.3 Å². The van der Waals surface area contributed by atoms with E-state index in [1.54, 1.807) is 37.2 Å². The van der Waals surface area contributed by atoms with E-state index >= 15 is 0 Å². The van der Waals surface area contributed by atoms with Gasteiger partial charge in [-0.2, -0.15) is 0 Å². The maximum absolute atomic E-state index is 5.76. The van der Waals surface area contributed by atoms with Gasteiger partial charge in [0.25, 0.3) is 0 Å². The molecule has 0 saturated heterocycles. The zero-order valence-electron chi connectivity index (χ0n) is 8.31. The quantitative estimate of drug-likeness (QED) is 0.727. The Balaban J connectivity index is 2.52. The van der Waals surface area contributed by atoms with Gasteiger partial charge in [0.15, 0.2) is 0 Å². The second kappa shape index (κ2) is 3.86. The van der Waals surface area contributed by atoms with Crippen molar-refractivity contribution in [3.8, 4) is 17.1 Å². The second-order valence-electron chi connectivity index (χ2n) is 2.97. The molecule has 0 aliphatic heterocycles. The summed E-state index contributed by atoms with van der Waals surface area (Å²) in [6, 6.07) is 3.49. The highest BCUT2D eigenvalue weighted by molar-refractivity contribution is 6.29. The van der Waals surface area contributed by atoms with E-state index in [2.05, 4.69) is 15.3 Å². The highest BCUT2D eigenvalue weighted by Crippen LogP contribution is 2.27. The van der Waals surface area contributed by atoms with Crippen molar-refractivity contribution < 1.29 is 4.74 Å². The van der Waals surface area contributed by atoms with Crippen molar-refractivity contribution in [2.24, 2.45) is 7.05 Å². The fourth-order valence-electron chi connectivity index (χ4n) is 1.24. The average molecular weight is 225 g/mol. The molecule has 0 unspecified atom stereocenters. The van der Waals surface area contributed by atoms with Crippen molar-refractivity contribution in [2.75, 3.05) is 7.11 Å². The molecule has 0 aromatic carbocycles. The van der Waals surface area contributed by atoms with Crippen molar-refractivity contribution in [2.45, 2.75) is 0 Å². The first-order valence-electron chi connectivity index (χ1n) is 4.28. The molecular formula is C9H9ClN4O. The Bertz CT molecular complexity index is 483. The van der Waals surface area contributed by atoms with Gasteiger partial charge >= 0.3 is 0 Å². The summed E-state index contributed by atoms with van der Waals surface area (Å²) >= 11 is 5.76. The van der Waals surface area contributed by atoms with Crippen LogP contribution in [0.4, 0.5) is 0 Å².